The van der Waals surface area contributed by atoms with E-state index in [0.29, 0.717) is 30.1 Å². The van der Waals surface area contributed by atoms with Gasteiger partial charge in [-0.1, -0.05) is 39.0 Å². The van der Waals surface area contributed by atoms with E-state index in [4.69, 9.17) is 4.74 Å². The number of benzene rings is 2. The zero-order valence-electron chi connectivity index (χ0n) is 18.6. The second-order valence-corrected chi connectivity index (χ2v) is 9.73. The molecule has 0 bridgehead atoms. The van der Waals surface area contributed by atoms with Gasteiger partial charge in [0.2, 0.25) is 0 Å². The third kappa shape index (κ3) is 6.08. The van der Waals surface area contributed by atoms with E-state index in [9.17, 15) is 9.59 Å². The molecule has 1 aliphatic heterocycles. The SMILES string of the molecule is CN1CCN(C(=O)c2ccccc2NC(=O)COc2ccc(C(C)(C)C)cc2Br)CC1. The van der Waals surface area contributed by atoms with Crippen LogP contribution in [-0.2, 0) is 10.2 Å². The van der Waals surface area contributed by atoms with Crippen LogP contribution in [0.2, 0.25) is 0 Å². The summed E-state index contributed by atoms with van der Waals surface area (Å²) in [4.78, 5) is 29.5. The molecule has 0 saturated carbocycles. The summed E-state index contributed by atoms with van der Waals surface area (Å²) in [7, 11) is 2.05. The number of anilines is 1. The van der Waals surface area contributed by atoms with Gasteiger partial charge in [0.1, 0.15) is 5.75 Å². The van der Waals surface area contributed by atoms with Crippen molar-refractivity contribution in [1.82, 2.24) is 9.80 Å². The minimum atomic E-state index is -0.314. The normalized spacial score (nSPS) is 14.9. The van der Waals surface area contributed by atoms with E-state index in [1.807, 2.05) is 36.2 Å². The highest BCUT2D eigenvalue weighted by Gasteiger charge is 2.23. The third-order valence-corrected chi connectivity index (χ3v) is 6.00. The first-order valence-electron chi connectivity index (χ1n) is 10.4. The maximum absolute atomic E-state index is 13.0. The summed E-state index contributed by atoms with van der Waals surface area (Å²) >= 11 is 3.53. The molecule has 0 aliphatic carbocycles. The lowest BCUT2D eigenvalue weighted by Crippen LogP contribution is -2.47. The molecule has 2 amide bonds. The van der Waals surface area contributed by atoms with Gasteiger partial charge in [-0.05, 0) is 58.2 Å². The van der Waals surface area contributed by atoms with E-state index in [1.165, 1.54) is 5.56 Å². The Morgan fingerprint density at radius 1 is 1.06 bits per heavy atom. The minimum Gasteiger partial charge on any atom is -0.483 e. The highest BCUT2D eigenvalue weighted by Crippen LogP contribution is 2.31. The van der Waals surface area contributed by atoms with Gasteiger partial charge in [0.15, 0.2) is 6.61 Å². The molecule has 2 aromatic carbocycles. The van der Waals surface area contributed by atoms with Gasteiger partial charge >= 0.3 is 0 Å². The van der Waals surface area contributed by atoms with E-state index in [2.05, 4.69) is 46.9 Å². The predicted molar refractivity (Wildman–Crippen MR) is 127 cm³/mol. The topological polar surface area (TPSA) is 61.9 Å². The second kappa shape index (κ2) is 9.83. The molecular weight excluding hydrogens is 458 g/mol. The zero-order valence-corrected chi connectivity index (χ0v) is 20.2. The summed E-state index contributed by atoms with van der Waals surface area (Å²) in [5.74, 6) is 0.223. The molecule has 3 rings (SSSR count). The number of piperazine rings is 1. The van der Waals surface area contributed by atoms with Gasteiger partial charge in [-0.3, -0.25) is 9.59 Å². The summed E-state index contributed by atoms with van der Waals surface area (Å²) in [5.41, 5.74) is 2.20. The average molecular weight is 488 g/mol. The van der Waals surface area contributed by atoms with Crippen LogP contribution in [0.15, 0.2) is 46.9 Å². The fourth-order valence-corrected chi connectivity index (χ4v) is 3.87. The number of nitrogens with one attached hydrogen (secondary N) is 1. The summed E-state index contributed by atoms with van der Waals surface area (Å²) in [6.07, 6.45) is 0. The number of rotatable bonds is 5. The number of hydrogen-bond acceptors (Lipinski definition) is 4. The van der Waals surface area contributed by atoms with Gasteiger partial charge in [0.05, 0.1) is 15.7 Å². The Morgan fingerprint density at radius 3 is 2.39 bits per heavy atom. The number of ether oxygens (including phenoxy) is 1. The number of carbonyl (C=O) groups is 2. The number of para-hydroxylation sites is 1. The molecule has 1 heterocycles. The fourth-order valence-electron chi connectivity index (χ4n) is 3.37. The van der Waals surface area contributed by atoms with Crippen LogP contribution in [0, 0.1) is 0 Å². The molecule has 0 atom stereocenters. The van der Waals surface area contributed by atoms with Gasteiger partial charge in [0, 0.05) is 26.2 Å². The lowest BCUT2D eigenvalue weighted by molar-refractivity contribution is -0.118. The molecule has 0 aromatic heterocycles. The van der Waals surface area contributed by atoms with E-state index >= 15 is 0 Å². The Morgan fingerprint density at radius 2 is 1.74 bits per heavy atom. The van der Waals surface area contributed by atoms with Gasteiger partial charge in [0.25, 0.3) is 11.8 Å². The van der Waals surface area contributed by atoms with Crippen molar-refractivity contribution in [2.45, 2.75) is 26.2 Å². The first kappa shape index (κ1) is 23.3. The van der Waals surface area contributed by atoms with Crippen LogP contribution in [0.25, 0.3) is 0 Å². The van der Waals surface area contributed by atoms with Crippen molar-refractivity contribution in [1.29, 1.82) is 0 Å². The van der Waals surface area contributed by atoms with Crippen molar-refractivity contribution < 1.29 is 14.3 Å². The Kier molecular flexibility index (Phi) is 7.38. The van der Waals surface area contributed by atoms with E-state index in [0.717, 1.165) is 17.6 Å². The number of nitrogens with zero attached hydrogens (tertiary/aromatic N) is 2. The molecule has 2 aromatic rings. The van der Waals surface area contributed by atoms with Crippen LogP contribution in [-0.4, -0.2) is 61.4 Å². The van der Waals surface area contributed by atoms with Crippen LogP contribution >= 0.6 is 15.9 Å². The van der Waals surface area contributed by atoms with Crippen LogP contribution in [0.4, 0.5) is 5.69 Å². The smallest absolute Gasteiger partial charge is 0.262 e. The first-order valence-corrected chi connectivity index (χ1v) is 11.2. The molecular formula is C24H30BrN3O3. The Bertz CT molecular complexity index is 947. The van der Waals surface area contributed by atoms with Gasteiger partial charge in [-0.15, -0.1) is 0 Å². The number of hydrogen-bond donors (Lipinski definition) is 1. The number of carbonyl (C=O) groups excluding carboxylic acids is 2. The summed E-state index contributed by atoms with van der Waals surface area (Å²) in [5, 5.41) is 2.83. The molecule has 0 spiro atoms. The van der Waals surface area contributed by atoms with Gasteiger partial charge < -0.3 is 19.9 Å². The average Bonchev–Trinajstić information content (AvgIpc) is 2.72. The Labute approximate surface area is 192 Å². The molecule has 0 unspecified atom stereocenters. The lowest BCUT2D eigenvalue weighted by Gasteiger charge is -2.32. The fraction of sp³-hybridized carbons (Fsp3) is 0.417. The maximum Gasteiger partial charge on any atom is 0.262 e. The standard InChI is InChI=1S/C24H30BrN3O3/c1-24(2,3)17-9-10-21(19(25)15-17)31-16-22(29)26-20-8-6-5-7-18(20)23(30)28-13-11-27(4)12-14-28/h5-10,15H,11-14,16H2,1-4H3,(H,26,29). The van der Waals surface area contributed by atoms with Crippen molar-refractivity contribution in [2.75, 3.05) is 45.2 Å². The summed E-state index contributed by atoms with van der Waals surface area (Å²) in [6.45, 7) is 9.33. The van der Waals surface area contributed by atoms with E-state index < -0.39 is 0 Å². The largest absolute Gasteiger partial charge is 0.483 e. The molecule has 166 valence electrons. The van der Waals surface area contributed by atoms with Crippen LogP contribution in [0.1, 0.15) is 36.7 Å². The Hall–Kier alpha value is -2.38. The van der Waals surface area contributed by atoms with Crippen molar-refractivity contribution in [2.24, 2.45) is 0 Å². The third-order valence-electron chi connectivity index (χ3n) is 5.38. The van der Waals surface area contributed by atoms with Crippen molar-refractivity contribution in [3.05, 3.63) is 58.1 Å². The molecule has 6 nitrogen and oxygen atoms in total. The van der Waals surface area contributed by atoms with Crippen molar-refractivity contribution in [3.8, 4) is 5.75 Å². The quantitative estimate of drug-likeness (QED) is 0.687. The van der Waals surface area contributed by atoms with Crippen LogP contribution < -0.4 is 10.1 Å². The second-order valence-electron chi connectivity index (χ2n) is 8.87. The number of halogens is 1. The zero-order chi connectivity index (χ0) is 22.6. The predicted octanol–water partition coefficient (Wildman–Crippen LogP) is 4.15. The number of likely N-dealkylation sites (N-methyl/N-ethyl adjacent to an activating group) is 1. The van der Waals surface area contributed by atoms with Gasteiger partial charge in [-0.2, -0.15) is 0 Å². The maximum atomic E-state index is 13.0. The summed E-state index contributed by atoms with van der Waals surface area (Å²) < 4.78 is 6.51. The summed E-state index contributed by atoms with van der Waals surface area (Å²) in [6, 6.07) is 13.0. The molecule has 1 N–H and O–H groups in total. The monoisotopic (exact) mass is 487 g/mol. The van der Waals surface area contributed by atoms with E-state index in [-0.39, 0.29) is 23.8 Å². The van der Waals surface area contributed by atoms with Crippen molar-refractivity contribution in [3.63, 3.8) is 0 Å². The molecule has 0 radical (unpaired) electrons. The minimum absolute atomic E-state index is 0.0262. The lowest BCUT2D eigenvalue weighted by atomic mass is 9.87. The Balaban J connectivity index is 1.63. The molecule has 1 aliphatic rings. The first-order chi connectivity index (χ1) is 14.6. The van der Waals surface area contributed by atoms with Gasteiger partial charge in [-0.25, -0.2) is 0 Å². The van der Waals surface area contributed by atoms with E-state index in [1.54, 1.807) is 18.2 Å². The highest BCUT2D eigenvalue weighted by molar-refractivity contribution is 9.10. The van der Waals surface area contributed by atoms with Crippen molar-refractivity contribution >= 4 is 33.4 Å². The van der Waals surface area contributed by atoms with Crippen LogP contribution in [0.5, 0.6) is 5.75 Å². The molecule has 1 saturated heterocycles. The highest BCUT2D eigenvalue weighted by atomic mass is 79.9. The molecule has 7 heteroatoms. The molecule has 1 fully saturated rings. The van der Waals surface area contributed by atoms with Crippen LogP contribution in [0.3, 0.4) is 0 Å². The number of amides is 2. The molecule has 31 heavy (non-hydrogen) atoms.